The Morgan fingerprint density at radius 3 is 2.42 bits per heavy atom. The number of carbonyl (C=O) groups is 1. The van der Waals surface area contributed by atoms with Gasteiger partial charge in [0, 0.05) is 6.54 Å². The number of hydrogen-bond acceptors (Lipinski definition) is 2. The maximum Gasteiger partial charge on any atom is 0.416 e. The molecule has 0 saturated carbocycles. The number of benzene rings is 1. The molecule has 0 fully saturated rings. The predicted molar refractivity (Wildman–Crippen MR) is 86.5 cm³/mol. The van der Waals surface area contributed by atoms with Crippen molar-refractivity contribution in [3.8, 4) is 0 Å². The maximum atomic E-state index is 12.7. The molecule has 0 spiro atoms. The summed E-state index contributed by atoms with van der Waals surface area (Å²) in [6.45, 7) is 7.47. The van der Waals surface area contributed by atoms with Crippen LogP contribution in [0.25, 0.3) is 0 Å². The molecule has 1 aromatic carbocycles. The fourth-order valence-corrected chi connectivity index (χ4v) is 2.51. The standard InChI is InChI=1S/C17H25F3N2O2/c1-11(23)9-16(3,4)10-21-15(24)22-12(2)13-6-5-7-14(8-13)17(18,19)20/h5-8,11-12,23H,9-10H2,1-4H3,(H2,21,22,24). The van der Waals surface area contributed by atoms with E-state index in [2.05, 4.69) is 10.6 Å². The highest BCUT2D eigenvalue weighted by Gasteiger charge is 2.30. The number of carbonyl (C=O) groups excluding carboxylic acids is 1. The first-order chi connectivity index (χ1) is 10.9. The lowest BCUT2D eigenvalue weighted by Gasteiger charge is -2.27. The molecule has 0 aliphatic carbocycles. The number of aliphatic hydroxyl groups is 1. The van der Waals surface area contributed by atoms with Crippen LogP contribution in [0.5, 0.6) is 0 Å². The monoisotopic (exact) mass is 346 g/mol. The van der Waals surface area contributed by atoms with Gasteiger partial charge in [-0.2, -0.15) is 13.2 Å². The highest BCUT2D eigenvalue weighted by atomic mass is 19.4. The molecular weight excluding hydrogens is 321 g/mol. The van der Waals surface area contributed by atoms with Crippen LogP contribution in [0, 0.1) is 5.41 Å². The zero-order chi connectivity index (χ0) is 18.5. The van der Waals surface area contributed by atoms with Gasteiger partial charge in [-0.05, 0) is 43.4 Å². The Bertz CT molecular complexity index is 557. The molecule has 0 aliphatic rings. The number of amides is 2. The zero-order valence-electron chi connectivity index (χ0n) is 14.4. The summed E-state index contributed by atoms with van der Waals surface area (Å²) in [6, 6.07) is 3.86. The first-order valence-electron chi connectivity index (χ1n) is 7.80. The van der Waals surface area contributed by atoms with Gasteiger partial charge in [0.25, 0.3) is 0 Å². The van der Waals surface area contributed by atoms with Gasteiger partial charge in [-0.25, -0.2) is 4.79 Å². The number of nitrogens with one attached hydrogen (secondary N) is 2. The lowest BCUT2D eigenvalue weighted by atomic mass is 9.87. The molecule has 0 aliphatic heterocycles. The van der Waals surface area contributed by atoms with E-state index in [1.165, 1.54) is 12.1 Å². The second-order valence-corrected chi connectivity index (χ2v) is 6.89. The van der Waals surface area contributed by atoms with Crippen molar-refractivity contribution < 1.29 is 23.1 Å². The molecule has 0 radical (unpaired) electrons. The van der Waals surface area contributed by atoms with Crippen molar-refractivity contribution in [3.63, 3.8) is 0 Å². The summed E-state index contributed by atoms with van der Waals surface area (Å²) < 4.78 is 38.2. The number of aliphatic hydroxyl groups excluding tert-OH is 1. The summed E-state index contributed by atoms with van der Waals surface area (Å²) in [7, 11) is 0. The fourth-order valence-electron chi connectivity index (χ4n) is 2.51. The van der Waals surface area contributed by atoms with Gasteiger partial charge in [0.15, 0.2) is 0 Å². The molecule has 1 aromatic rings. The van der Waals surface area contributed by atoms with Crippen LogP contribution in [0.2, 0.25) is 0 Å². The van der Waals surface area contributed by atoms with E-state index in [0.29, 0.717) is 18.5 Å². The molecule has 24 heavy (non-hydrogen) atoms. The lowest BCUT2D eigenvalue weighted by molar-refractivity contribution is -0.137. The Morgan fingerprint density at radius 2 is 1.88 bits per heavy atom. The average molecular weight is 346 g/mol. The molecule has 136 valence electrons. The Hall–Kier alpha value is -1.76. The molecule has 0 saturated heterocycles. The molecule has 1 rings (SSSR count). The molecule has 0 bridgehead atoms. The number of rotatable bonds is 6. The minimum atomic E-state index is -4.41. The van der Waals surface area contributed by atoms with Crippen LogP contribution in [-0.2, 0) is 6.18 Å². The van der Waals surface area contributed by atoms with Crippen molar-refractivity contribution in [2.45, 2.75) is 52.4 Å². The third kappa shape index (κ3) is 6.78. The highest BCUT2D eigenvalue weighted by molar-refractivity contribution is 5.74. The molecular formula is C17H25F3N2O2. The van der Waals surface area contributed by atoms with Gasteiger partial charge in [-0.1, -0.05) is 26.0 Å². The van der Waals surface area contributed by atoms with Crippen molar-refractivity contribution in [1.29, 1.82) is 0 Å². The topological polar surface area (TPSA) is 61.4 Å². The molecule has 3 N–H and O–H groups in total. The Kier molecular flexibility index (Phi) is 6.66. The second kappa shape index (κ2) is 7.88. The van der Waals surface area contributed by atoms with Crippen molar-refractivity contribution in [1.82, 2.24) is 10.6 Å². The Morgan fingerprint density at radius 1 is 1.25 bits per heavy atom. The third-order valence-electron chi connectivity index (χ3n) is 3.64. The SMILES string of the molecule is CC(O)CC(C)(C)CNC(=O)NC(C)c1cccc(C(F)(F)F)c1. The molecule has 0 aromatic heterocycles. The van der Waals surface area contributed by atoms with Gasteiger partial charge in [0.1, 0.15) is 0 Å². The first kappa shape index (κ1) is 20.3. The lowest BCUT2D eigenvalue weighted by Crippen LogP contribution is -2.42. The van der Waals surface area contributed by atoms with Crippen LogP contribution < -0.4 is 10.6 Å². The summed E-state index contributed by atoms with van der Waals surface area (Å²) in [6.07, 6.45) is -4.37. The first-order valence-corrected chi connectivity index (χ1v) is 7.80. The smallest absolute Gasteiger partial charge is 0.393 e. The fraction of sp³-hybridized carbons (Fsp3) is 0.588. The van der Waals surface area contributed by atoms with Crippen LogP contribution in [0.4, 0.5) is 18.0 Å². The summed E-state index contributed by atoms with van der Waals surface area (Å²) in [5.41, 5.74) is -0.652. The van der Waals surface area contributed by atoms with Gasteiger partial charge >= 0.3 is 12.2 Å². The van der Waals surface area contributed by atoms with Crippen LogP contribution in [0.3, 0.4) is 0 Å². The molecule has 2 atom stereocenters. The minimum absolute atomic E-state index is 0.287. The van der Waals surface area contributed by atoms with E-state index in [-0.39, 0.29) is 5.41 Å². The summed E-state index contributed by atoms with van der Waals surface area (Å²) in [5.74, 6) is 0. The van der Waals surface area contributed by atoms with Gasteiger partial charge < -0.3 is 15.7 Å². The Labute approximate surface area is 140 Å². The van der Waals surface area contributed by atoms with Crippen LogP contribution in [0.15, 0.2) is 24.3 Å². The van der Waals surface area contributed by atoms with Crippen LogP contribution in [0.1, 0.15) is 51.3 Å². The predicted octanol–water partition coefficient (Wildman–Crippen LogP) is 3.86. The molecule has 2 amide bonds. The Balaban J connectivity index is 2.62. The second-order valence-electron chi connectivity index (χ2n) is 6.89. The maximum absolute atomic E-state index is 12.7. The largest absolute Gasteiger partial charge is 0.416 e. The van der Waals surface area contributed by atoms with E-state index in [9.17, 15) is 23.1 Å². The van der Waals surface area contributed by atoms with Crippen molar-refractivity contribution >= 4 is 6.03 Å². The minimum Gasteiger partial charge on any atom is -0.393 e. The van der Waals surface area contributed by atoms with Gasteiger partial charge in [-0.3, -0.25) is 0 Å². The number of alkyl halides is 3. The zero-order valence-corrected chi connectivity index (χ0v) is 14.4. The van der Waals surface area contributed by atoms with Crippen LogP contribution in [-0.4, -0.2) is 23.8 Å². The van der Waals surface area contributed by atoms with Crippen molar-refractivity contribution in [3.05, 3.63) is 35.4 Å². The summed E-state index contributed by atoms with van der Waals surface area (Å²) in [5, 5.41) is 14.7. The van der Waals surface area contributed by atoms with E-state index < -0.39 is 29.9 Å². The highest BCUT2D eigenvalue weighted by Crippen LogP contribution is 2.30. The average Bonchev–Trinajstić information content (AvgIpc) is 2.43. The molecule has 2 unspecified atom stereocenters. The van der Waals surface area contributed by atoms with Gasteiger partial charge in [-0.15, -0.1) is 0 Å². The number of halogens is 3. The van der Waals surface area contributed by atoms with Crippen molar-refractivity contribution in [2.24, 2.45) is 5.41 Å². The van der Waals surface area contributed by atoms with E-state index in [1.807, 2.05) is 13.8 Å². The summed E-state index contributed by atoms with van der Waals surface area (Å²) in [4.78, 5) is 11.9. The summed E-state index contributed by atoms with van der Waals surface area (Å²) >= 11 is 0. The number of hydrogen-bond donors (Lipinski definition) is 3. The molecule has 0 heterocycles. The van der Waals surface area contributed by atoms with E-state index in [4.69, 9.17) is 0 Å². The van der Waals surface area contributed by atoms with Gasteiger partial charge in [0.2, 0.25) is 0 Å². The quantitative estimate of drug-likeness (QED) is 0.732. The van der Waals surface area contributed by atoms with Crippen molar-refractivity contribution in [2.75, 3.05) is 6.54 Å². The van der Waals surface area contributed by atoms with Crippen LogP contribution >= 0.6 is 0 Å². The van der Waals surface area contributed by atoms with E-state index in [1.54, 1.807) is 13.8 Å². The third-order valence-corrected chi connectivity index (χ3v) is 3.64. The van der Waals surface area contributed by atoms with Gasteiger partial charge in [0.05, 0.1) is 17.7 Å². The van der Waals surface area contributed by atoms with E-state index in [0.717, 1.165) is 12.1 Å². The molecule has 4 nitrogen and oxygen atoms in total. The number of urea groups is 1. The molecule has 7 heteroatoms. The normalized spacial score (nSPS) is 14.8. The van der Waals surface area contributed by atoms with E-state index >= 15 is 0 Å².